The molecule has 0 saturated heterocycles. The van der Waals surface area contributed by atoms with E-state index in [9.17, 15) is 9.46 Å². The van der Waals surface area contributed by atoms with Crippen LogP contribution in [0.4, 0.5) is 0 Å². The molecule has 0 heterocycles. The Balaban J connectivity index is 0. The Kier molecular flexibility index (Phi) is 8.39. The second-order valence-corrected chi connectivity index (χ2v) is 3.41. The van der Waals surface area contributed by atoms with Crippen molar-refractivity contribution in [3.63, 3.8) is 0 Å². The molecule has 0 saturated carbocycles. The Morgan fingerprint density at radius 1 is 1.67 bits per heavy atom. The third-order valence-electron chi connectivity index (χ3n) is 0.530. The first-order valence-electron chi connectivity index (χ1n) is 2.49. The Hall–Kier alpha value is 1.15. The molecule has 0 aromatic rings. The maximum Gasteiger partial charge on any atom is 1.00 e. The molecule has 0 bridgehead atoms. The largest absolute Gasteiger partial charge is 1.00 e. The number of hydrogen-bond donors (Lipinski definition) is 0. The van der Waals surface area contributed by atoms with Gasteiger partial charge in [0.2, 0.25) is 0 Å². The third kappa shape index (κ3) is 12.4. The van der Waals surface area contributed by atoms with Crippen molar-refractivity contribution < 1.29 is 43.5 Å². The zero-order valence-electron chi connectivity index (χ0n) is 6.09. The smallest absolute Gasteiger partial charge is 0.779 e. The van der Waals surface area contributed by atoms with Gasteiger partial charge in [-0.1, -0.05) is 6.92 Å². The van der Waals surface area contributed by atoms with Gasteiger partial charge >= 0.3 is 29.6 Å². The molecule has 0 fully saturated rings. The molecule has 0 N–H and O–H groups in total. The number of hydrogen-bond acceptors (Lipinski definition) is 3. The molecule has 5 heteroatoms. The summed E-state index contributed by atoms with van der Waals surface area (Å²) in [6.45, 7) is 3.23. The molecule has 3 nitrogen and oxygen atoms in total. The summed E-state index contributed by atoms with van der Waals surface area (Å²) < 4.78 is 14.6. The summed E-state index contributed by atoms with van der Waals surface area (Å²) in [4.78, 5) is 10.2. The van der Waals surface area contributed by atoms with Crippen LogP contribution in [-0.4, -0.2) is 13.3 Å². The van der Waals surface area contributed by atoms with E-state index in [0.29, 0.717) is 6.61 Å². The van der Waals surface area contributed by atoms with Crippen molar-refractivity contribution in [1.29, 1.82) is 0 Å². The van der Waals surface area contributed by atoms with Gasteiger partial charge in [-0.05, 0) is 6.42 Å². The Labute approximate surface area is 77.6 Å². The van der Waals surface area contributed by atoms with Crippen LogP contribution in [0.3, 0.4) is 0 Å². The molecule has 0 amide bonds. The Bertz CT molecular complexity index is 100.0. The van der Waals surface area contributed by atoms with Gasteiger partial charge in [0.1, 0.15) is 7.60 Å². The Morgan fingerprint density at radius 3 is 2.22 bits per heavy atom. The second-order valence-electron chi connectivity index (χ2n) is 1.60. The molecule has 0 aromatic carbocycles. The van der Waals surface area contributed by atoms with Crippen LogP contribution in [-0.2, 0) is 9.09 Å². The molecule has 0 aliphatic carbocycles. The van der Waals surface area contributed by atoms with E-state index in [2.05, 4.69) is 4.52 Å². The van der Waals surface area contributed by atoms with Gasteiger partial charge in [0, 0.05) is 6.66 Å². The molecule has 0 aliphatic rings. The van der Waals surface area contributed by atoms with E-state index >= 15 is 0 Å². The molecule has 0 aromatic heterocycles. The fourth-order valence-corrected chi connectivity index (χ4v) is 0.771. The first kappa shape index (κ1) is 12.8. The summed E-state index contributed by atoms with van der Waals surface area (Å²) >= 11 is 0. The van der Waals surface area contributed by atoms with Crippen molar-refractivity contribution in [2.45, 2.75) is 13.3 Å². The Morgan fingerprint density at radius 2 is 2.11 bits per heavy atom. The maximum absolute atomic E-state index is 10.2. The van der Waals surface area contributed by atoms with Crippen molar-refractivity contribution in [2.24, 2.45) is 0 Å². The molecule has 1 unspecified atom stereocenters. The summed E-state index contributed by atoms with van der Waals surface area (Å²) in [6, 6.07) is 0. The summed E-state index contributed by atoms with van der Waals surface area (Å²) in [7, 11) is -3.43. The monoisotopic (exact) mass is 160 g/mol. The van der Waals surface area contributed by atoms with E-state index in [-0.39, 0.29) is 29.6 Å². The van der Waals surface area contributed by atoms with Crippen molar-refractivity contribution in [3.05, 3.63) is 0 Å². The molecule has 0 radical (unpaired) electrons. The first-order chi connectivity index (χ1) is 3.56. The van der Waals surface area contributed by atoms with Gasteiger partial charge < -0.3 is 14.0 Å². The van der Waals surface area contributed by atoms with Crippen LogP contribution in [0.15, 0.2) is 0 Å². The maximum atomic E-state index is 10.2. The van der Waals surface area contributed by atoms with Crippen LogP contribution < -0.4 is 34.5 Å². The normalized spacial score (nSPS) is 15.9. The minimum Gasteiger partial charge on any atom is -0.779 e. The van der Waals surface area contributed by atoms with Crippen LogP contribution in [0.25, 0.3) is 0 Å². The van der Waals surface area contributed by atoms with Gasteiger partial charge in [0.15, 0.2) is 0 Å². The molecular weight excluding hydrogens is 150 g/mol. The van der Waals surface area contributed by atoms with Gasteiger partial charge in [-0.25, -0.2) is 0 Å². The molecular formula is C4H10NaO3P. The van der Waals surface area contributed by atoms with E-state index in [1.54, 1.807) is 0 Å². The molecule has 50 valence electrons. The van der Waals surface area contributed by atoms with E-state index in [0.717, 1.165) is 13.1 Å². The quantitative estimate of drug-likeness (QED) is 0.341. The van der Waals surface area contributed by atoms with E-state index in [1.165, 1.54) is 0 Å². The van der Waals surface area contributed by atoms with Crippen LogP contribution in [0.2, 0.25) is 0 Å². The number of rotatable bonds is 3. The molecule has 0 spiro atoms. The van der Waals surface area contributed by atoms with Crippen molar-refractivity contribution in [1.82, 2.24) is 0 Å². The topological polar surface area (TPSA) is 49.4 Å². The van der Waals surface area contributed by atoms with Gasteiger partial charge in [-0.2, -0.15) is 0 Å². The molecule has 1 atom stereocenters. The summed E-state index contributed by atoms with van der Waals surface area (Å²) in [5.74, 6) is 0. The third-order valence-corrected chi connectivity index (χ3v) is 1.18. The summed E-state index contributed by atoms with van der Waals surface area (Å²) in [6.07, 6.45) is 0.736. The van der Waals surface area contributed by atoms with Crippen LogP contribution >= 0.6 is 7.60 Å². The summed E-state index contributed by atoms with van der Waals surface area (Å²) in [5.41, 5.74) is 0. The molecule has 0 aliphatic heterocycles. The second kappa shape index (κ2) is 5.90. The average Bonchev–Trinajstić information content (AvgIpc) is 1.59. The van der Waals surface area contributed by atoms with Gasteiger partial charge in [-0.15, -0.1) is 0 Å². The van der Waals surface area contributed by atoms with E-state index in [1.807, 2.05) is 6.92 Å². The van der Waals surface area contributed by atoms with Gasteiger partial charge in [0.05, 0.1) is 6.61 Å². The average molecular weight is 160 g/mol. The first-order valence-corrected chi connectivity index (χ1v) is 4.48. The summed E-state index contributed by atoms with van der Waals surface area (Å²) in [5, 5.41) is 0. The fraction of sp³-hybridized carbons (Fsp3) is 1.00. The predicted octanol–water partition coefficient (Wildman–Crippen LogP) is -2.40. The SMILES string of the molecule is CCCOP(C)(=O)[O-].[Na+]. The standard InChI is InChI=1S/C4H11O3P.Na/c1-3-4-7-8(2,5)6;/h3-4H2,1-2H3,(H,5,6);/q;+1/p-1. The fourth-order valence-electron chi connectivity index (χ4n) is 0.257. The van der Waals surface area contributed by atoms with Gasteiger partial charge in [-0.3, -0.25) is 0 Å². The van der Waals surface area contributed by atoms with Crippen molar-refractivity contribution >= 4 is 7.60 Å². The van der Waals surface area contributed by atoms with Crippen molar-refractivity contribution in [2.75, 3.05) is 13.3 Å². The van der Waals surface area contributed by atoms with Crippen molar-refractivity contribution in [3.8, 4) is 0 Å². The van der Waals surface area contributed by atoms with E-state index < -0.39 is 7.60 Å². The van der Waals surface area contributed by atoms with Crippen LogP contribution in [0.5, 0.6) is 0 Å². The van der Waals surface area contributed by atoms with Crippen LogP contribution in [0.1, 0.15) is 13.3 Å². The zero-order chi connectivity index (χ0) is 6.62. The minimum atomic E-state index is -3.43. The van der Waals surface area contributed by atoms with Gasteiger partial charge in [0.25, 0.3) is 0 Å². The van der Waals surface area contributed by atoms with E-state index in [4.69, 9.17) is 0 Å². The predicted molar refractivity (Wildman–Crippen MR) is 29.8 cm³/mol. The molecule has 9 heavy (non-hydrogen) atoms. The molecule has 0 rings (SSSR count). The van der Waals surface area contributed by atoms with Crippen LogP contribution in [0, 0.1) is 0 Å². The minimum absolute atomic E-state index is 0. The zero-order valence-corrected chi connectivity index (χ0v) is 8.98.